The molecule has 21 heavy (non-hydrogen) atoms. The number of carbonyl (C=O) groups excluding carboxylic acids is 1. The predicted octanol–water partition coefficient (Wildman–Crippen LogP) is 4.16. The van der Waals surface area contributed by atoms with Crippen LogP contribution in [0.15, 0.2) is 12.2 Å². The van der Waals surface area contributed by atoms with Crippen LogP contribution in [0.5, 0.6) is 0 Å². The van der Waals surface area contributed by atoms with Crippen molar-refractivity contribution in [2.45, 2.75) is 77.4 Å². The van der Waals surface area contributed by atoms with E-state index in [0.717, 1.165) is 19.3 Å². The van der Waals surface area contributed by atoms with E-state index in [4.69, 9.17) is 4.55 Å². The summed E-state index contributed by atoms with van der Waals surface area (Å²) >= 11 is 0. The maximum Gasteiger partial charge on any atom is 0.267 e. The van der Waals surface area contributed by atoms with Gasteiger partial charge in [-0.25, -0.2) is 0 Å². The van der Waals surface area contributed by atoms with Crippen LogP contribution in [0.1, 0.15) is 72.1 Å². The molecular weight excluding hydrogens is 288 g/mol. The molecule has 124 valence electrons. The maximum atomic E-state index is 12.1. The van der Waals surface area contributed by atoms with Crippen molar-refractivity contribution in [3.63, 3.8) is 0 Å². The summed E-state index contributed by atoms with van der Waals surface area (Å²) in [6.07, 6.45) is 7.58. The summed E-state index contributed by atoms with van der Waals surface area (Å²) < 4.78 is 31.3. The number of unbranched alkanes of at least 4 members (excludes halogenated alkanes) is 5. The third-order valence-electron chi connectivity index (χ3n) is 3.82. The minimum atomic E-state index is -4.08. The van der Waals surface area contributed by atoms with Crippen molar-refractivity contribution in [3.05, 3.63) is 12.2 Å². The molecule has 2 unspecified atom stereocenters. The van der Waals surface area contributed by atoms with Gasteiger partial charge in [-0.15, -0.1) is 0 Å². The van der Waals surface area contributed by atoms with Crippen LogP contribution in [0.4, 0.5) is 0 Å². The molecule has 0 amide bonds. The maximum absolute atomic E-state index is 12.1. The number of carbonyl (C=O) groups is 1. The van der Waals surface area contributed by atoms with Gasteiger partial charge in [0.25, 0.3) is 10.1 Å². The highest BCUT2D eigenvalue weighted by Gasteiger charge is 2.26. The summed E-state index contributed by atoms with van der Waals surface area (Å²) in [5.74, 6) is -0.440. The van der Waals surface area contributed by atoms with Crippen molar-refractivity contribution in [1.29, 1.82) is 0 Å². The predicted molar refractivity (Wildman–Crippen MR) is 86.9 cm³/mol. The Morgan fingerprint density at radius 2 is 1.67 bits per heavy atom. The van der Waals surface area contributed by atoms with Crippen LogP contribution in [0.25, 0.3) is 0 Å². The molecule has 0 saturated carbocycles. The first kappa shape index (κ1) is 20.3. The normalized spacial score (nSPS) is 14.7. The third-order valence-corrected chi connectivity index (χ3v) is 5.03. The Labute approximate surface area is 129 Å². The smallest absolute Gasteiger partial charge is 0.267 e. The lowest BCUT2D eigenvalue weighted by Gasteiger charge is -2.18. The van der Waals surface area contributed by atoms with E-state index in [1.165, 1.54) is 26.2 Å². The molecule has 0 rings (SSSR count). The van der Waals surface area contributed by atoms with E-state index in [9.17, 15) is 13.2 Å². The van der Waals surface area contributed by atoms with E-state index in [1.54, 1.807) is 6.92 Å². The van der Waals surface area contributed by atoms with Gasteiger partial charge in [0, 0.05) is 5.92 Å². The van der Waals surface area contributed by atoms with Crippen LogP contribution >= 0.6 is 0 Å². The van der Waals surface area contributed by atoms with E-state index in [0.29, 0.717) is 12.0 Å². The summed E-state index contributed by atoms with van der Waals surface area (Å²) in [6.45, 7) is 8.90. The van der Waals surface area contributed by atoms with E-state index in [1.807, 2.05) is 0 Å². The third kappa shape index (κ3) is 9.04. The second kappa shape index (κ2) is 10.1. The van der Waals surface area contributed by atoms with Gasteiger partial charge >= 0.3 is 0 Å². The Morgan fingerprint density at radius 1 is 1.14 bits per heavy atom. The van der Waals surface area contributed by atoms with Crippen molar-refractivity contribution in [2.24, 2.45) is 5.92 Å². The Bertz CT molecular complexity index is 426. The molecule has 0 aromatic rings. The zero-order valence-electron chi connectivity index (χ0n) is 13.6. The number of hydrogen-bond acceptors (Lipinski definition) is 3. The van der Waals surface area contributed by atoms with Gasteiger partial charge in [-0.2, -0.15) is 8.42 Å². The molecule has 4 nitrogen and oxygen atoms in total. The first-order chi connectivity index (χ1) is 9.70. The number of ketones is 1. The minimum absolute atomic E-state index is 0.0842. The molecule has 0 aliphatic heterocycles. The van der Waals surface area contributed by atoms with Gasteiger partial charge in [-0.05, 0) is 32.3 Å². The molecule has 0 aliphatic carbocycles. The second-order valence-electron chi connectivity index (χ2n) is 5.96. The lowest BCUT2D eigenvalue weighted by molar-refractivity contribution is -0.119. The van der Waals surface area contributed by atoms with E-state index in [-0.39, 0.29) is 18.1 Å². The largest absolute Gasteiger partial charge is 0.294 e. The molecule has 0 aromatic carbocycles. The van der Waals surface area contributed by atoms with Crippen LogP contribution in [0, 0.1) is 5.92 Å². The Morgan fingerprint density at radius 3 is 2.14 bits per heavy atom. The molecule has 0 bridgehead atoms. The second-order valence-corrected chi connectivity index (χ2v) is 7.79. The van der Waals surface area contributed by atoms with Crippen LogP contribution in [-0.4, -0.2) is 24.0 Å². The van der Waals surface area contributed by atoms with Crippen LogP contribution in [0.2, 0.25) is 0 Å². The van der Waals surface area contributed by atoms with Crippen molar-refractivity contribution in [3.8, 4) is 0 Å². The topological polar surface area (TPSA) is 71.4 Å². The van der Waals surface area contributed by atoms with E-state index in [2.05, 4.69) is 13.5 Å². The fourth-order valence-corrected chi connectivity index (χ4v) is 2.87. The first-order valence-electron chi connectivity index (χ1n) is 7.86. The highest BCUT2D eigenvalue weighted by Crippen LogP contribution is 2.22. The summed E-state index contributed by atoms with van der Waals surface area (Å²) in [6, 6.07) is 0. The summed E-state index contributed by atoms with van der Waals surface area (Å²) in [5, 5.41) is -0.911. The number of Topliss-reactive ketones (excluding diaryl/α,β-unsaturated/α-hetero) is 1. The summed E-state index contributed by atoms with van der Waals surface area (Å²) in [7, 11) is -4.08. The van der Waals surface area contributed by atoms with Gasteiger partial charge in [-0.3, -0.25) is 9.35 Å². The van der Waals surface area contributed by atoms with E-state index < -0.39 is 15.4 Å². The van der Waals surface area contributed by atoms with Crippen molar-refractivity contribution < 1.29 is 17.8 Å². The molecule has 5 heteroatoms. The standard InChI is InChI=1S/C16H30O4S/c1-5-6-7-8-9-10-11-15(16(17)13(2)3)12-14(4)21(18,19)20/h14-15H,2,5-12H2,1,3-4H3,(H,18,19,20). The lowest BCUT2D eigenvalue weighted by atomic mass is 9.89. The molecule has 0 fully saturated rings. The van der Waals surface area contributed by atoms with Gasteiger partial charge in [0.1, 0.15) is 0 Å². The minimum Gasteiger partial charge on any atom is -0.294 e. The van der Waals surface area contributed by atoms with Gasteiger partial charge in [0.2, 0.25) is 0 Å². The SMILES string of the molecule is C=C(C)C(=O)C(CCCCCCCC)CC(C)S(=O)(=O)O. The van der Waals surface area contributed by atoms with Crippen molar-refractivity contribution >= 4 is 15.9 Å². The molecular formula is C16H30O4S. The quantitative estimate of drug-likeness (QED) is 0.333. The van der Waals surface area contributed by atoms with Gasteiger partial charge in [-0.1, -0.05) is 52.0 Å². The molecule has 1 N–H and O–H groups in total. The summed E-state index contributed by atoms with van der Waals surface area (Å²) in [4.78, 5) is 12.1. The van der Waals surface area contributed by atoms with Gasteiger partial charge in [0.15, 0.2) is 5.78 Å². The molecule has 0 spiro atoms. The Hall–Kier alpha value is -0.680. The zero-order valence-corrected chi connectivity index (χ0v) is 14.4. The number of allylic oxidation sites excluding steroid dienone is 1. The number of hydrogen-bond donors (Lipinski definition) is 1. The highest BCUT2D eigenvalue weighted by atomic mass is 32.2. The van der Waals surface area contributed by atoms with Crippen molar-refractivity contribution in [1.82, 2.24) is 0 Å². The molecule has 0 saturated heterocycles. The van der Waals surface area contributed by atoms with Crippen LogP contribution in [-0.2, 0) is 14.9 Å². The molecule has 0 aliphatic rings. The fraction of sp³-hybridized carbons (Fsp3) is 0.812. The van der Waals surface area contributed by atoms with Crippen molar-refractivity contribution in [2.75, 3.05) is 0 Å². The lowest BCUT2D eigenvalue weighted by Crippen LogP contribution is -2.25. The van der Waals surface area contributed by atoms with Gasteiger partial charge in [0.05, 0.1) is 5.25 Å². The van der Waals surface area contributed by atoms with Crippen LogP contribution < -0.4 is 0 Å². The monoisotopic (exact) mass is 318 g/mol. The average molecular weight is 318 g/mol. The van der Waals surface area contributed by atoms with Crippen LogP contribution in [0.3, 0.4) is 0 Å². The average Bonchev–Trinajstić information content (AvgIpc) is 2.39. The zero-order chi connectivity index (χ0) is 16.5. The Kier molecular flexibility index (Phi) is 9.79. The summed E-state index contributed by atoms with van der Waals surface area (Å²) in [5.41, 5.74) is 0.452. The number of rotatable bonds is 12. The highest BCUT2D eigenvalue weighted by molar-refractivity contribution is 7.86. The molecule has 0 heterocycles. The van der Waals surface area contributed by atoms with Gasteiger partial charge < -0.3 is 0 Å². The molecule has 0 radical (unpaired) electrons. The first-order valence-corrected chi connectivity index (χ1v) is 9.36. The molecule has 0 aromatic heterocycles. The van der Waals surface area contributed by atoms with E-state index >= 15 is 0 Å². The fourth-order valence-electron chi connectivity index (χ4n) is 2.40. The Balaban J connectivity index is 4.42. The molecule has 2 atom stereocenters.